The van der Waals surface area contributed by atoms with Crippen molar-refractivity contribution < 1.29 is 9.47 Å². The Balaban J connectivity index is 2.01. The zero-order chi connectivity index (χ0) is 20.1. The molecule has 2 heterocycles. The maximum Gasteiger partial charge on any atom is 0.225 e. The fraction of sp³-hybridized carbons (Fsp3) is 0.286. The summed E-state index contributed by atoms with van der Waals surface area (Å²) in [5.41, 5.74) is 2.30. The van der Waals surface area contributed by atoms with Gasteiger partial charge in [-0.3, -0.25) is 4.98 Å². The maximum atomic E-state index is 5.34. The molecule has 3 rings (SSSR count). The number of hydrogen-bond donors (Lipinski definition) is 2. The van der Waals surface area contributed by atoms with E-state index in [1.54, 1.807) is 26.6 Å². The van der Waals surface area contributed by atoms with Crippen LogP contribution in [0.15, 0.2) is 48.8 Å². The monoisotopic (exact) mass is 379 g/mol. The fourth-order valence-electron chi connectivity index (χ4n) is 2.59. The molecule has 28 heavy (non-hydrogen) atoms. The van der Waals surface area contributed by atoms with E-state index in [0.29, 0.717) is 23.3 Å². The lowest BCUT2D eigenvalue weighted by Gasteiger charge is -2.21. The molecule has 0 saturated carbocycles. The minimum absolute atomic E-state index is 0.177. The van der Waals surface area contributed by atoms with Crippen LogP contribution in [-0.2, 0) is 0 Å². The van der Waals surface area contributed by atoms with E-state index in [2.05, 4.69) is 46.4 Å². The highest BCUT2D eigenvalue weighted by Crippen LogP contribution is 2.29. The number of nitrogens with one attached hydrogen (secondary N) is 2. The van der Waals surface area contributed by atoms with E-state index in [0.717, 1.165) is 16.9 Å². The van der Waals surface area contributed by atoms with Crippen LogP contribution in [0.2, 0.25) is 0 Å². The first-order valence-corrected chi connectivity index (χ1v) is 8.94. The predicted molar refractivity (Wildman–Crippen MR) is 111 cm³/mol. The Labute approximate surface area is 165 Å². The summed E-state index contributed by atoms with van der Waals surface area (Å²) in [7, 11) is 3.24. The average molecular weight is 379 g/mol. The predicted octanol–water partition coefficient (Wildman–Crippen LogP) is 4.51. The van der Waals surface area contributed by atoms with Gasteiger partial charge in [0.25, 0.3) is 0 Å². The van der Waals surface area contributed by atoms with Gasteiger partial charge in [0.15, 0.2) is 0 Å². The molecule has 2 N–H and O–H groups in total. The molecule has 0 atom stereocenters. The molecule has 7 nitrogen and oxygen atoms in total. The molecule has 0 spiro atoms. The quantitative estimate of drug-likeness (QED) is 0.652. The van der Waals surface area contributed by atoms with Crippen LogP contribution in [0.4, 0.5) is 17.5 Å². The van der Waals surface area contributed by atoms with Crippen LogP contribution in [0, 0.1) is 0 Å². The van der Waals surface area contributed by atoms with E-state index >= 15 is 0 Å². The number of ether oxygens (including phenoxy) is 2. The van der Waals surface area contributed by atoms with Crippen LogP contribution in [0.5, 0.6) is 11.5 Å². The van der Waals surface area contributed by atoms with Gasteiger partial charge in [-0.05, 0) is 32.9 Å². The Morgan fingerprint density at radius 3 is 2.21 bits per heavy atom. The van der Waals surface area contributed by atoms with Crippen LogP contribution >= 0.6 is 0 Å². The van der Waals surface area contributed by atoms with Crippen LogP contribution in [0.1, 0.15) is 20.8 Å². The number of hydrogen-bond acceptors (Lipinski definition) is 7. The second-order valence-corrected chi connectivity index (χ2v) is 7.31. The Bertz CT molecular complexity index is 917. The van der Waals surface area contributed by atoms with Gasteiger partial charge < -0.3 is 20.1 Å². The van der Waals surface area contributed by atoms with Crippen molar-refractivity contribution in [1.29, 1.82) is 0 Å². The number of rotatable bonds is 6. The molecule has 0 unspecified atom stereocenters. The summed E-state index contributed by atoms with van der Waals surface area (Å²) in [6.45, 7) is 6.19. The molecule has 2 aromatic heterocycles. The Kier molecular flexibility index (Phi) is 5.63. The Morgan fingerprint density at radius 1 is 0.929 bits per heavy atom. The number of nitrogens with zero attached hydrogens (tertiary/aromatic N) is 3. The third kappa shape index (κ3) is 5.09. The molecule has 0 amide bonds. The lowest BCUT2D eigenvalue weighted by molar-refractivity contribution is 0.395. The summed E-state index contributed by atoms with van der Waals surface area (Å²) in [6.07, 6.45) is 3.52. The molecule has 0 saturated heterocycles. The van der Waals surface area contributed by atoms with E-state index < -0.39 is 0 Å². The number of pyridine rings is 1. The minimum Gasteiger partial charge on any atom is -0.497 e. The molecule has 0 radical (unpaired) electrons. The topological polar surface area (TPSA) is 81.2 Å². The van der Waals surface area contributed by atoms with Crippen molar-refractivity contribution in [3.8, 4) is 22.8 Å². The molecule has 0 aliphatic heterocycles. The van der Waals surface area contributed by atoms with Crippen LogP contribution in [-0.4, -0.2) is 34.7 Å². The number of benzene rings is 1. The minimum atomic E-state index is -0.177. The van der Waals surface area contributed by atoms with Crippen LogP contribution in [0.3, 0.4) is 0 Å². The number of anilines is 3. The van der Waals surface area contributed by atoms with Gasteiger partial charge in [-0.25, -0.2) is 4.98 Å². The average Bonchev–Trinajstić information content (AvgIpc) is 2.66. The highest BCUT2D eigenvalue weighted by molar-refractivity contribution is 5.68. The van der Waals surface area contributed by atoms with Gasteiger partial charge in [-0.15, -0.1) is 0 Å². The van der Waals surface area contributed by atoms with Crippen molar-refractivity contribution in [2.75, 3.05) is 24.9 Å². The molecule has 3 aromatic rings. The van der Waals surface area contributed by atoms with Gasteiger partial charge in [0.2, 0.25) is 5.95 Å². The summed E-state index contributed by atoms with van der Waals surface area (Å²) < 4.78 is 10.7. The molecule has 146 valence electrons. The zero-order valence-electron chi connectivity index (χ0n) is 16.8. The van der Waals surface area contributed by atoms with Crippen molar-refractivity contribution in [1.82, 2.24) is 15.0 Å². The summed E-state index contributed by atoms with van der Waals surface area (Å²) in [6, 6.07) is 11.3. The summed E-state index contributed by atoms with van der Waals surface area (Å²) >= 11 is 0. The third-order valence-electron chi connectivity index (χ3n) is 3.79. The smallest absolute Gasteiger partial charge is 0.225 e. The van der Waals surface area contributed by atoms with Gasteiger partial charge in [0.1, 0.15) is 17.3 Å². The standard InChI is InChI=1S/C21H25N5O2/c1-21(2,3)26-20-24-18(14-7-6-8-22-13-14)12-19(25-20)23-15-9-16(27-4)11-17(10-15)28-5/h6-13H,1-5H3,(H2,23,24,25,26). The zero-order valence-corrected chi connectivity index (χ0v) is 16.8. The largest absolute Gasteiger partial charge is 0.497 e. The second-order valence-electron chi connectivity index (χ2n) is 7.31. The number of aromatic nitrogens is 3. The first-order valence-electron chi connectivity index (χ1n) is 8.94. The van der Waals surface area contributed by atoms with Crippen molar-refractivity contribution in [3.63, 3.8) is 0 Å². The first-order chi connectivity index (χ1) is 13.4. The van der Waals surface area contributed by atoms with Crippen molar-refractivity contribution in [2.24, 2.45) is 0 Å². The summed E-state index contributed by atoms with van der Waals surface area (Å²) in [4.78, 5) is 13.5. The van der Waals surface area contributed by atoms with Gasteiger partial charge in [0.05, 0.1) is 19.9 Å². The lowest BCUT2D eigenvalue weighted by atomic mass is 10.1. The summed E-state index contributed by atoms with van der Waals surface area (Å²) in [5, 5.41) is 6.65. The van der Waals surface area contributed by atoms with E-state index in [1.165, 1.54) is 0 Å². The molecule has 0 aliphatic rings. The van der Waals surface area contributed by atoms with Crippen LogP contribution in [0.25, 0.3) is 11.3 Å². The summed E-state index contributed by atoms with van der Waals surface area (Å²) in [5.74, 6) is 2.56. The Morgan fingerprint density at radius 2 is 1.64 bits per heavy atom. The highest BCUT2D eigenvalue weighted by Gasteiger charge is 2.14. The van der Waals surface area contributed by atoms with Crippen molar-refractivity contribution in [3.05, 3.63) is 48.8 Å². The van der Waals surface area contributed by atoms with Gasteiger partial charge in [-0.1, -0.05) is 0 Å². The van der Waals surface area contributed by atoms with Gasteiger partial charge in [0, 0.05) is 53.4 Å². The molecule has 7 heteroatoms. The van der Waals surface area contributed by atoms with E-state index in [-0.39, 0.29) is 5.54 Å². The molecular formula is C21H25N5O2. The lowest BCUT2D eigenvalue weighted by Crippen LogP contribution is -2.27. The molecular weight excluding hydrogens is 354 g/mol. The second kappa shape index (κ2) is 8.12. The van der Waals surface area contributed by atoms with E-state index in [1.807, 2.05) is 36.4 Å². The SMILES string of the molecule is COc1cc(Nc2cc(-c3cccnc3)nc(NC(C)(C)C)n2)cc(OC)c1. The highest BCUT2D eigenvalue weighted by atomic mass is 16.5. The van der Waals surface area contributed by atoms with Gasteiger partial charge in [-0.2, -0.15) is 4.98 Å². The Hall–Kier alpha value is -3.35. The van der Waals surface area contributed by atoms with E-state index in [9.17, 15) is 0 Å². The molecule has 0 bridgehead atoms. The van der Waals surface area contributed by atoms with Crippen molar-refractivity contribution >= 4 is 17.5 Å². The van der Waals surface area contributed by atoms with E-state index in [4.69, 9.17) is 9.47 Å². The maximum absolute atomic E-state index is 5.34. The first kappa shape index (κ1) is 19.4. The van der Waals surface area contributed by atoms with Crippen LogP contribution < -0.4 is 20.1 Å². The fourth-order valence-corrected chi connectivity index (χ4v) is 2.59. The molecule has 1 aromatic carbocycles. The third-order valence-corrected chi connectivity index (χ3v) is 3.79. The van der Waals surface area contributed by atoms with Crippen molar-refractivity contribution in [2.45, 2.75) is 26.3 Å². The number of methoxy groups -OCH3 is 2. The van der Waals surface area contributed by atoms with Gasteiger partial charge >= 0.3 is 0 Å². The molecule has 0 fully saturated rings. The molecule has 0 aliphatic carbocycles. The normalized spacial score (nSPS) is 11.0.